The van der Waals surface area contributed by atoms with Gasteiger partial charge < -0.3 is 14.4 Å². The molecule has 0 aliphatic carbocycles. The van der Waals surface area contributed by atoms with Crippen LogP contribution >= 0.6 is 15.9 Å². The summed E-state index contributed by atoms with van der Waals surface area (Å²) in [4.78, 5) is 10.9. The molecule has 0 radical (unpaired) electrons. The number of aromatic carboxylic acids is 1. The highest BCUT2D eigenvalue weighted by atomic mass is 79.9. The van der Waals surface area contributed by atoms with Gasteiger partial charge in [0, 0.05) is 0 Å². The van der Waals surface area contributed by atoms with Gasteiger partial charge in [0.2, 0.25) is 0 Å². The lowest BCUT2D eigenvalue weighted by atomic mass is 10.2. The van der Waals surface area contributed by atoms with Gasteiger partial charge in [0.15, 0.2) is 5.69 Å². The maximum atomic E-state index is 10.9. The first-order valence-electron chi connectivity index (χ1n) is 5.15. The fourth-order valence-electron chi connectivity index (χ4n) is 1.44. The molecule has 0 amide bonds. The Morgan fingerprint density at radius 3 is 2.89 bits per heavy atom. The van der Waals surface area contributed by atoms with Gasteiger partial charge in [0.05, 0.1) is 10.0 Å². The number of halogens is 1. The van der Waals surface area contributed by atoms with Crippen LogP contribution in [0, 0.1) is 6.92 Å². The third kappa shape index (κ3) is 2.53. The van der Waals surface area contributed by atoms with Crippen molar-refractivity contribution in [1.29, 1.82) is 0 Å². The van der Waals surface area contributed by atoms with E-state index in [0.29, 0.717) is 17.1 Å². The molecular weight excluding hydrogens is 302 g/mol. The highest BCUT2D eigenvalue weighted by Gasteiger charge is 2.19. The Morgan fingerprint density at radius 2 is 2.22 bits per heavy atom. The number of aryl methyl sites for hydroxylation is 1. The lowest BCUT2D eigenvalue weighted by Crippen LogP contribution is -2.05. The third-order valence-electron chi connectivity index (χ3n) is 2.40. The van der Waals surface area contributed by atoms with Crippen LogP contribution in [0.4, 0.5) is 0 Å². The highest BCUT2D eigenvalue weighted by Crippen LogP contribution is 2.25. The number of ether oxygens (including phenoxy) is 1. The van der Waals surface area contributed by atoms with Crippen LogP contribution in [0.15, 0.2) is 33.3 Å². The number of carboxylic acids is 1. The van der Waals surface area contributed by atoms with Crippen molar-refractivity contribution in [3.05, 3.63) is 45.8 Å². The first-order valence-corrected chi connectivity index (χ1v) is 5.94. The molecule has 2 aromatic rings. The lowest BCUT2D eigenvalue weighted by molar-refractivity contribution is 0.0683. The molecule has 0 bridgehead atoms. The Morgan fingerprint density at radius 1 is 1.50 bits per heavy atom. The topological polar surface area (TPSA) is 72.6 Å². The number of hydrogen-bond donors (Lipinski definition) is 1. The van der Waals surface area contributed by atoms with Crippen molar-refractivity contribution in [2.45, 2.75) is 13.5 Å². The normalized spacial score (nSPS) is 10.3. The Kier molecular flexibility index (Phi) is 3.66. The largest absolute Gasteiger partial charge is 0.488 e. The predicted molar refractivity (Wildman–Crippen MR) is 66.7 cm³/mol. The average molecular weight is 312 g/mol. The zero-order chi connectivity index (χ0) is 13.1. The summed E-state index contributed by atoms with van der Waals surface area (Å²) >= 11 is 3.35. The van der Waals surface area contributed by atoms with Crippen molar-refractivity contribution in [3.8, 4) is 5.75 Å². The summed E-state index contributed by atoms with van der Waals surface area (Å²) in [5.74, 6) is -0.0496. The summed E-state index contributed by atoms with van der Waals surface area (Å²) in [6.07, 6.45) is 0. The number of carbonyl (C=O) groups is 1. The minimum Gasteiger partial charge on any atom is -0.488 e. The van der Waals surface area contributed by atoms with E-state index in [9.17, 15) is 4.79 Å². The number of nitrogens with zero attached hydrogens (tertiary/aromatic N) is 1. The Hall–Kier alpha value is -1.82. The van der Waals surface area contributed by atoms with Crippen LogP contribution in [0.5, 0.6) is 5.75 Å². The van der Waals surface area contributed by atoms with Crippen molar-refractivity contribution in [1.82, 2.24) is 5.16 Å². The summed E-state index contributed by atoms with van der Waals surface area (Å²) in [5, 5.41) is 12.4. The van der Waals surface area contributed by atoms with E-state index in [-0.39, 0.29) is 12.3 Å². The summed E-state index contributed by atoms with van der Waals surface area (Å²) in [7, 11) is 0. The Balaban J connectivity index is 2.18. The molecule has 0 unspecified atom stereocenters. The number of para-hydroxylation sites is 1. The molecule has 0 aliphatic heterocycles. The fraction of sp³-hybridized carbons (Fsp3) is 0.167. The number of benzene rings is 1. The Labute approximate surface area is 111 Å². The molecule has 1 N–H and O–H groups in total. The second-order valence-corrected chi connectivity index (χ2v) is 4.44. The minimum absolute atomic E-state index is 0.0968. The molecule has 1 heterocycles. The van der Waals surface area contributed by atoms with Gasteiger partial charge in [-0.25, -0.2) is 4.79 Å². The molecule has 94 valence electrons. The zero-order valence-electron chi connectivity index (χ0n) is 9.51. The van der Waals surface area contributed by atoms with Crippen LogP contribution in [0.1, 0.15) is 21.8 Å². The summed E-state index contributed by atoms with van der Waals surface area (Å²) < 4.78 is 11.2. The monoisotopic (exact) mass is 311 g/mol. The van der Waals surface area contributed by atoms with Crippen molar-refractivity contribution >= 4 is 21.9 Å². The molecule has 1 aromatic carbocycles. The van der Waals surface area contributed by atoms with Gasteiger partial charge >= 0.3 is 5.97 Å². The van der Waals surface area contributed by atoms with Crippen molar-refractivity contribution < 1.29 is 19.2 Å². The van der Waals surface area contributed by atoms with Crippen LogP contribution in [0.25, 0.3) is 0 Å². The molecule has 6 heteroatoms. The molecule has 2 rings (SSSR count). The van der Waals surface area contributed by atoms with Crippen LogP contribution in [-0.2, 0) is 6.61 Å². The summed E-state index contributed by atoms with van der Waals surface area (Å²) in [6, 6.07) is 7.32. The van der Waals surface area contributed by atoms with Crippen LogP contribution < -0.4 is 4.74 Å². The van der Waals surface area contributed by atoms with Crippen LogP contribution in [-0.4, -0.2) is 16.2 Å². The molecule has 1 aromatic heterocycles. The number of carboxylic acid groups (broad SMARTS) is 1. The van der Waals surface area contributed by atoms with Gasteiger partial charge in [-0.3, -0.25) is 0 Å². The minimum atomic E-state index is -1.13. The first kappa shape index (κ1) is 12.6. The standard InChI is InChI=1S/C12H10BrNO4/c1-7-8(11(12(15)16)14-18-7)6-17-10-5-3-2-4-9(10)13/h2-5H,6H2,1H3,(H,15,16). The Bertz CT molecular complexity index is 579. The van der Waals surface area contributed by atoms with Crippen LogP contribution in [0.2, 0.25) is 0 Å². The maximum Gasteiger partial charge on any atom is 0.358 e. The van der Waals surface area contributed by atoms with Crippen LogP contribution in [0.3, 0.4) is 0 Å². The molecule has 0 atom stereocenters. The molecule has 0 aliphatic rings. The van der Waals surface area contributed by atoms with Crippen molar-refractivity contribution in [2.75, 3.05) is 0 Å². The van der Waals surface area contributed by atoms with Gasteiger partial charge in [-0.15, -0.1) is 0 Å². The van der Waals surface area contributed by atoms with Gasteiger partial charge in [0.1, 0.15) is 18.1 Å². The predicted octanol–water partition coefficient (Wildman–Crippen LogP) is 3.02. The van der Waals surface area contributed by atoms with Gasteiger partial charge in [-0.1, -0.05) is 17.3 Å². The lowest BCUT2D eigenvalue weighted by Gasteiger charge is -2.07. The maximum absolute atomic E-state index is 10.9. The number of aromatic nitrogens is 1. The zero-order valence-corrected chi connectivity index (χ0v) is 11.1. The SMILES string of the molecule is Cc1onc(C(=O)O)c1COc1ccccc1Br. The highest BCUT2D eigenvalue weighted by molar-refractivity contribution is 9.10. The van der Waals surface area contributed by atoms with Gasteiger partial charge in [0.25, 0.3) is 0 Å². The average Bonchev–Trinajstić information content (AvgIpc) is 2.70. The smallest absolute Gasteiger partial charge is 0.358 e. The number of rotatable bonds is 4. The second kappa shape index (κ2) is 5.22. The number of hydrogen-bond acceptors (Lipinski definition) is 4. The molecule has 0 spiro atoms. The molecule has 0 fully saturated rings. The molecule has 0 saturated heterocycles. The van der Waals surface area contributed by atoms with Crippen molar-refractivity contribution in [3.63, 3.8) is 0 Å². The summed E-state index contributed by atoms with van der Waals surface area (Å²) in [6.45, 7) is 1.75. The molecule has 18 heavy (non-hydrogen) atoms. The van der Waals surface area contributed by atoms with E-state index < -0.39 is 5.97 Å². The fourth-order valence-corrected chi connectivity index (χ4v) is 1.84. The van der Waals surface area contributed by atoms with E-state index in [1.807, 2.05) is 18.2 Å². The van der Waals surface area contributed by atoms with Gasteiger partial charge in [-0.05, 0) is 35.0 Å². The second-order valence-electron chi connectivity index (χ2n) is 3.59. The quantitative estimate of drug-likeness (QED) is 0.939. The molecule has 5 nitrogen and oxygen atoms in total. The van der Waals surface area contributed by atoms with Crippen molar-refractivity contribution in [2.24, 2.45) is 0 Å². The third-order valence-corrected chi connectivity index (χ3v) is 3.05. The van der Waals surface area contributed by atoms with E-state index in [0.717, 1.165) is 4.47 Å². The molecule has 0 saturated carbocycles. The molecular formula is C12H10BrNO4. The first-order chi connectivity index (χ1) is 8.59. The summed E-state index contributed by atoms with van der Waals surface area (Å²) in [5.41, 5.74) is 0.331. The van der Waals surface area contributed by atoms with E-state index in [1.54, 1.807) is 13.0 Å². The van der Waals surface area contributed by atoms with Gasteiger partial charge in [-0.2, -0.15) is 0 Å². The van der Waals surface area contributed by atoms with E-state index >= 15 is 0 Å². The van der Waals surface area contributed by atoms with E-state index in [1.165, 1.54) is 0 Å². The van der Waals surface area contributed by atoms with E-state index in [4.69, 9.17) is 14.4 Å². The van der Waals surface area contributed by atoms with E-state index in [2.05, 4.69) is 21.1 Å².